The quantitative estimate of drug-likeness (QED) is 0.735. The van der Waals surface area contributed by atoms with Crippen LogP contribution in [0.1, 0.15) is 30.1 Å². The average molecular weight is 384 g/mol. The molecule has 1 aliphatic heterocycles. The van der Waals surface area contributed by atoms with Gasteiger partial charge in [-0.3, -0.25) is 9.59 Å². The molecule has 3 rings (SSSR count). The van der Waals surface area contributed by atoms with Crippen LogP contribution in [0.15, 0.2) is 48.5 Å². The second-order valence-corrected chi connectivity index (χ2v) is 6.88. The number of nitrogens with one attached hydrogen (secondary N) is 1. The number of hydrogen-bond acceptors (Lipinski definition) is 5. The van der Waals surface area contributed by atoms with Crippen LogP contribution in [-0.2, 0) is 4.79 Å². The molecule has 0 bridgehead atoms. The van der Waals surface area contributed by atoms with E-state index in [1.165, 1.54) is 24.3 Å². The van der Waals surface area contributed by atoms with Crippen LogP contribution in [0.4, 0.5) is 0 Å². The third-order valence-electron chi connectivity index (χ3n) is 4.75. The molecule has 28 heavy (non-hydrogen) atoms. The maximum Gasteiger partial charge on any atom is 0.263 e. The van der Waals surface area contributed by atoms with Gasteiger partial charge in [0.25, 0.3) is 11.8 Å². The lowest BCUT2D eigenvalue weighted by Gasteiger charge is -2.33. The van der Waals surface area contributed by atoms with Crippen LogP contribution in [0.25, 0.3) is 0 Å². The molecule has 1 unspecified atom stereocenters. The molecule has 7 heteroatoms. The fourth-order valence-corrected chi connectivity index (χ4v) is 3.20. The van der Waals surface area contributed by atoms with Crippen molar-refractivity contribution in [3.8, 4) is 17.2 Å². The van der Waals surface area contributed by atoms with E-state index in [1.54, 1.807) is 36.1 Å². The Morgan fingerprint density at radius 2 is 1.75 bits per heavy atom. The molecule has 1 aliphatic rings. The van der Waals surface area contributed by atoms with Crippen molar-refractivity contribution >= 4 is 11.8 Å². The minimum Gasteiger partial charge on any atom is -0.508 e. The highest BCUT2D eigenvalue weighted by Gasteiger charge is 2.28. The van der Waals surface area contributed by atoms with Gasteiger partial charge in [-0.2, -0.15) is 0 Å². The average Bonchev–Trinajstić information content (AvgIpc) is 2.69. The van der Waals surface area contributed by atoms with Crippen molar-refractivity contribution in [2.45, 2.75) is 31.9 Å². The van der Waals surface area contributed by atoms with Crippen LogP contribution in [0.5, 0.6) is 17.2 Å². The first-order valence-electron chi connectivity index (χ1n) is 9.27. The first-order chi connectivity index (χ1) is 13.4. The van der Waals surface area contributed by atoms with Gasteiger partial charge in [0, 0.05) is 24.7 Å². The number of phenols is 2. The molecule has 0 aliphatic carbocycles. The fraction of sp³-hybridized carbons (Fsp3) is 0.333. The van der Waals surface area contributed by atoms with Gasteiger partial charge in [0.1, 0.15) is 17.2 Å². The van der Waals surface area contributed by atoms with E-state index in [0.29, 0.717) is 37.2 Å². The molecule has 148 valence electrons. The lowest BCUT2D eigenvalue weighted by molar-refractivity contribution is -0.139. The van der Waals surface area contributed by atoms with Crippen molar-refractivity contribution in [1.82, 2.24) is 10.2 Å². The third-order valence-corrected chi connectivity index (χ3v) is 4.75. The topological polar surface area (TPSA) is 99.1 Å². The predicted octanol–water partition coefficient (Wildman–Crippen LogP) is 2.29. The van der Waals surface area contributed by atoms with Gasteiger partial charge in [0.05, 0.1) is 0 Å². The first-order valence-corrected chi connectivity index (χ1v) is 9.27. The van der Waals surface area contributed by atoms with E-state index in [4.69, 9.17) is 4.74 Å². The Morgan fingerprint density at radius 3 is 2.39 bits per heavy atom. The largest absolute Gasteiger partial charge is 0.508 e. The summed E-state index contributed by atoms with van der Waals surface area (Å²) in [5.41, 5.74) is 0.412. The number of likely N-dealkylation sites (tertiary alicyclic amines) is 1. The number of carbonyl (C=O) groups excluding carboxylic acids is 2. The minimum atomic E-state index is -0.636. The Hall–Kier alpha value is -3.22. The minimum absolute atomic E-state index is 0.0211. The van der Waals surface area contributed by atoms with Crippen LogP contribution in [-0.4, -0.2) is 52.2 Å². The van der Waals surface area contributed by atoms with Gasteiger partial charge in [0.15, 0.2) is 6.10 Å². The van der Waals surface area contributed by atoms with Crippen molar-refractivity contribution in [2.24, 2.45) is 0 Å². The molecule has 0 spiro atoms. The number of carbonyl (C=O) groups is 2. The van der Waals surface area contributed by atoms with Gasteiger partial charge in [-0.05, 0) is 62.2 Å². The smallest absolute Gasteiger partial charge is 0.263 e. The Labute approximate surface area is 163 Å². The summed E-state index contributed by atoms with van der Waals surface area (Å²) in [7, 11) is 0. The molecule has 1 saturated heterocycles. The second kappa shape index (κ2) is 8.65. The number of ether oxygens (including phenoxy) is 1. The van der Waals surface area contributed by atoms with Crippen LogP contribution in [0.2, 0.25) is 0 Å². The zero-order valence-electron chi connectivity index (χ0n) is 15.7. The van der Waals surface area contributed by atoms with Crippen LogP contribution < -0.4 is 10.1 Å². The second-order valence-electron chi connectivity index (χ2n) is 6.88. The zero-order chi connectivity index (χ0) is 20.1. The van der Waals surface area contributed by atoms with Crippen molar-refractivity contribution in [1.29, 1.82) is 0 Å². The summed E-state index contributed by atoms with van der Waals surface area (Å²) >= 11 is 0. The number of benzene rings is 2. The Kier molecular flexibility index (Phi) is 6.03. The molecule has 2 amide bonds. The lowest BCUT2D eigenvalue weighted by Crippen LogP contribution is -2.49. The molecule has 3 N–H and O–H groups in total. The molecule has 0 aromatic heterocycles. The Bertz CT molecular complexity index is 829. The molecule has 2 aromatic carbocycles. The summed E-state index contributed by atoms with van der Waals surface area (Å²) in [5.74, 6) is 0.374. The SMILES string of the molecule is CC(Oc1ccc(O)cc1)C(=O)N1CCC(NC(=O)c2cccc(O)c2)CC1. The van der Waals surface area contributed by atoms with Crippen LogP contribution in [0, 0.1) is 0 Å². The van der Waals surface area contributed by atoms with E-state index in [0.717, 1.165) is 0 Å². The van der Waals surface area contributed by atoms with Gasteiger partial charge >= 0.3 is 0 Å². The molecular formula is C21H24N2O5. The van der Waals surface area contributed by atoms with Gasteiger partial charge in [-0.25, -0.2) is 0 Å². The normalized spacial score (nSPS) is 15.7. The Morgan fingerprint density at radius 1 is 1.07 bits per heavy atom. The molecule has 2 aromatic rings. The monoisotopic (exact) mass is 384 g/mol. The molecule has 1 atom stereocenters. The number of piperidine rings is 1. The lowest BCUT2D eigenvalue weighted by atomic mass is 10.0. The summed E-state index contributed by atoms with van der Waals surface area (Å²) in [6.07, 6.45) is 0.674. The van der Waals surface area contributed by atoms with E-state index < -0.39 is 6.10 Å². The van der Waals surface area contributed by atoms with E-state index in [2.05, 4.69) is 5.32 Å². The van der Waals surface area contributed by atoms with Gasteiger partial charge < -0.3 is 25.2 Å². The predicted molar refractivity (Wildman–Crippen MR) is 103 cm³/mol. The van der Waals surface area contributed by atoms with Crippen molar-refractivity contribution in [2.75, 3.05) is 13.1 Å². The van der Waals surface area contributed by atoms with Gasteiger partial charge in [0.2, 0.25) is 0 Å². The first kappa shape index (κ1) is 19.5. The van der Waals surface area contributed by atoms with Gasteiger partial charge in [-0.15, -0.1) is 0 Å². The Balaban J connectivity index is 1.48. The number of amides is 2. The highest BCUT2D eigenvalue weighted by Crippen LogP contribution is 2.19. The molecule has 1 fully saturated rings. The van der Waals surface area contributed by atoms with Crippen LogP contribution in [0.3, 0.4) is 0 Å². The summed E-state index contributed by atoms with van der Waals surface area (Å²) < 4.78 is 5.65. The summed E-state index contributed by atoms with van der Waals surface area (Å²) in [6.45, 7) is 2.77. The number of nitrogens with zero attached hydrogens (tertiary/aromatic N) is 1. The van der Waals surface area contributed by atoms with E-state index in [1.807, 2.05) is 0 Å². The van der Waals surface area contributed by atoms with E-state index in [-0.39, 0.29) is 29.4 Å². The number of aromatic hydroxyl groups is 2. The molecule has 0 saturated carbocycles. The number of hydrogen-bond donors (Lipinski definition) is 3. The fourth-order valence-electron chi connectivity index (χ4n) is 3.20. The zero-order valence-corrected chi connectivity index (χ0v) is 15.7. The summed E-state index contributed by atoms with van der Waals surface area (Å²) in [6, 6.07) is 12.4. The third kappa shape index (κ3) is 4.94. The summed E-state index contributed by atoms with van der Waals surface area (Å²) in [4.78, 5) is 26.6. The van der Waals surface area contributed by atoms with E-state index >= 15 is 0 Å². The van der Waals surface area contributed by atoms with Crippen molar-refractivity contribution in [3.05, 3.63) is 54.1 Å². The summed E-state index contributed by atoms with van der Waals surface area (Å²) in [5, 5.41) is 21.7. The highest BCUT2D eigenvalue weighted by atomic mass is 16.5. The molecule has 0 radical (unpaired) electrons. The van der Waals surface area contributed by atoms with Crippen molar-refractivity contribution in [3.63, 3.8) is 0 Å². The molecule has 1 heterocycles. The van der Waals surface area contributed by atoms with Crippen LogP contribution >= 0.6 is 0 Å². The standard InChI is InChI=1S/C21H24N2O5/c1-14(28-19-7-5-17(24)6-8-19)21(27)23-11-9-16(10-12-23)22-20(26)15-3-2-4-18(25)13-15/h2-8,13-14,16,24-25H,9-12H2,1H3,(H,22,26). The maximum atomic E-state index is 12.6. The number of rotatable bonds is 5. The van der Waals surface area contributed by atoms with Gasteiger partial charge in [-0.1, -0.05) is 6.07 Å². The van der Waals surface area contributed by atoms with Crippen molar-refractivity contribution < 1.29 is 24.5 Å². The van der Waals surface area contributed by atoms with E-state index in [9.17, 15) is 19.8 Å². The maximum absolute atomic E-state index is 12.6. The number of phenolic OH excluding ortho intramolecular Hbond substituents is 2. The molecule has 7 nitrogen and oxygen atoms in total. The highest BCUT2D eigenvalue weighted by molar-refractivity contribution is 5.94. The molecular weight excluding hydrogens is 360 g/mol.